The van der Waals surface area contributed by atoms with Crippen LogP contribution in [0.1, 0.15) is 29.1 Å². The number of nitrogens with one attached hydrogen (secondary N) is 1. The molecule has 2 aromatic rings. The Morgan fingerprint density at radius 2 is 2.17 bits per heavy atom. The van der Waals surface area contributed by atoms with Crippen LogP contribution in [0.5, 0.6) is 0 Å². The van der Waals surface area contributed by atoms with Gasteiger partial charge in [-0.3, -0.25) is 4.98 Å². The first kappa shape index (κ1) is 13.7. The molecule has 0 aliphatic carbocycles. The molecule has 0 saturated carbocycles. The third-order valence-corrected chi connectivity index (χ3v) is 4.51. The van der Waals surface area contributed by atoms with Crippen molar-refractivity contribution < 1.29 is 0 Å². The van der Waals surface area contributed by atoms with Crippen LogP contribution in [0, 0.1) is 6.92 Å². The minimum atomic E-state index is 0.349. The van der Waals surface area contributed by atoms with Crippen LogP contribution in [0.4, 0.5) is 0 Å². The van der Waals surface area contributed by atoms with Crippen LogP contribution in [0.15, 0.2) is 34.2 Å². The van der Waals surface area contributed by atoms with E-state index in [2.05, 4.69) is 64.3 Å². The lowest BCUT2D eigenvalue weighted by molar-refractivity contribution is 0.552. The second kappa shape index (κ2) is 6.45. The highest BCUT2D eigenvalue weighted by Gasteiger charge is 2.13. The maximum Gasteiger partial charge on any atom is 0.0701 e. The maximum absolute atomic E-state index is 4.49. The number of thiophene rings is 1. The van der Waals surface area contributed by atoms with Crippen molar-refractivity contribution in [3.8, 4) is 0 Å². The first-order valence-electron chi connectivity index (χ1n) is 6.09. The Hall–Kier alpha value is -0.710. The van der Waals surface area contributed by atoms with Gasteiger partial charge in [-0.1, -0.05) is 13.0 Å². The number of pyridine rings is 1. The van der Waals surface area contributed by atoms with Crippen LogP contribution < -0.4 is 5.32 Å². The molecule has 2 aromatic heterocycles. The van der Waals surface area contributed by atoms with Gasteiger partial charge < -0.3 is 5.32 Å². The van der Waals surface area contributed by atoms with Crippen LogP contribution in [0.2, 0.25) is 0 Å². The average Bonchev–Trinajstić information content (AvgIpc) is 2.78. The van der Waals surface area contributed by atoms with E-state index in [-0.39, 0.29) is 0 Å². The summed E-state index contributed by atoms with van der Waals surface area (Å²) in [6.45, 7) is 5.17. The second-order valence-corrected chi connectivity index (χ2v) is 6.78. The van der Waals surface area contributed by atoms with Crippen molar-refractivity contribution in [3.63, 3.8) is 0 Å². The van der Waals surface area contributed by atoms with E-state index in [0.29, 0.717) is 6.04 Å². The molecule has 0 spiro atoms. The molecule has 1 atom stereocenters. The van der Waals surface area contributed by atoms with Crippen molar-refractivity contribution >= 4 is 27.3 Å². The van der Waals surface area contributed by atoms with E-state index in [1.807, 2.05) is 6.20 Å². The van der Waals surface area contributed by atoms with Gasteiger partial charge in [-0.25, -0.2) is 0 Å². The third-order valence-electron chi connectivity index (χ3n) is 2.77. The summed E-state index contributed by atoms with van der Waals surface area (Å²) < 4.78 is 1.18. The molecule has 0 aromatic carbocycles. The van der Waals surface area contributed by atoms with E-state index >= 15 is 0 Å². The van der Waals surface area contributed by atoms with E-state index in [0.717, 1.165) is 18.7 Å². The average molecular weight is 325 g/mol. The molecule has 0 fully saturated rings. The number of nitrogens with zero attached hydrogens (tertiary/aromatic N) is 1. The highest BCUT2D eigenvalue weighted by Crippen LogP contribution is 2.29. The monoisotopic (exact) mass is 324 g/mol. The van der Waals surface area contributed by atoms with E-state index in [1.165, 1.54) is 14.2 Å². The molecule has 0 bridgehead atoms. The summed E-state index contributed by atoms with van der Waals surface area (Å²) in [5.41, 5.74) is 2.34. The summed E-state index contributed by atoms with van der Waals surface area (Å²) in [4.78, 5) is 5.84. The predicted octanol–water partition coefficient (Wildman–Crippen LogP) is 4.11. The molecule has 2 nitrogen and oxygen atoms in total. The van der Waals surface area contributed by atoms with Crippen molar-refractivity contribution in [3.05, 3.63) is 50.4 Å². The maximum atomic E-state index is 4.49. The van der Waals surface area contributed by atoms with Gasteiger partial charge in [0.2, 0.25) is 0 Å². The number of likely N-dealkylation sites (N-methyl/N-ethyl adjacent to an activating group) is 1. The number of rotatable bonds is 5. The van der Waals surface area contributed by atoms with Gasteiger partial charge in [0.25, 0.3) is 0 Å². The quantitative estimate of drug-likeness (QED) is 0.895. The predicted molar refractivity (Wildman–Crippen MR) is 81.1 cm³/mol. The van der Waals surface area contributed by atoms with Crippen molar-refractivity contribution in [2.24, 2.45) is 0 Å². The molecule has 18 heavy (non-hydrogen) atoms. The van der Waals surface area contributed by atoms with Crippen LogP contribution in [-0.2, 0) is 6.42 Å². The Morgan fingerprint density at radius 1 is 1.33 bits per heavy atom. The Labute approximate surface area is 121 Å². The molecule has 0 aliphatic heterocycles. The highest BCUT2D eigenvalue weighted by atomic mass is 79.9. The first-order valence-corrected chi connectivity index (χ1v) is 7.70. The minimum absolute atomic E-state index is 0.349. The molecular formula is C14H17BrN2S. The van der Waals surface area contributed by atoms with Crippen molar-refractivity contribution in [1.82, 2.24) is 10.3 Å². The molecule has 1 N–H and O–H groups in total. The second-order valence-electron chi connectivity index (χ2n) is 4.28. The Balaban J connectivity index is 2.13. The number of aryl methyl sites for hydroxylation is 1. The molecule has 0 amide bonds. The lowest BCUT2D eigenvalue weighted by Gasteiger charge is -2.16. The van der Waals surface area contributed by atoms with Crippen LogP contribution in [0.3, 0.4) is 0 Å². The molecule has 0 radical (unpaired) electrons. The Bertz CT molecular complexity index is 493. The van der Waals surface area contributed by atoms with E-state index in [1.54, 1.807) is 11.3 Å². The van der Waals surface area contributed by atoms with Gasteiger partial charge in [-0.15, -0.1) is 11.3 Å². The van der Waals surface area contributed by atoms with E-state index in [9.17, 15) is 0 Å². The van der Waals surface area contributed by atoms with Crippen molar-refractivity contribution in [1.29, 1.82) is 0 Å². The fourth-order valence-corrected chi connectivity index (χ4v) is 3.36. The standard InChI is InChI=1S/C14H17BrN2S/c1-3-16-12(13-6-7-14(15)18-13)8-11-5-4-10(2)9-17-11/h4-7,9,12,16H,3,8H2,1-2H3. The SMILES string of the molecule is CCNC(Cc1ccc(C)cn1)c1ccc(Br)s1. The van der Waals surface area contributed by atoms with Crippen molar-refractivity contribution in [2.45, 2.75) is 26.3 Å². The zero-order valence-corrected chi connectivity index (χ0v) is 13.0. The van der Waals surface area contributed by atoms with Gasteiger partial charge in [0.15, 0.2) is 0 Å². The first-order chi connectivity index (χ1) is 8.69. The molecule has 1 unspecified atom stereocenters. The minimum Gasteiger partial charge on any atom is -0.309 e. The number of aromatic nitrogens is 1. The fraction of sp³-hybridized carbons (Fsp3) is 0.357. The number of hydrogen-bond donors (Lipinski definition) is 1. The van der Waals surface area contributed by atoms with Gasteiger partial charge in [-0.05, 0) is 53.2 Å². The van der Waals surface area contributed by atoms with Gasteiger partial charge in [0.1, 0.15) is 0 Å². The molecule has 2 heterocycles. The highest BCUT2D eigenvalue weighted by molar-refractivity contribution is 9.11. The van der Waals surface area contributed by atoms with E-state index in [4.69, 9.17) is 0 Å². The van der Waals surface area contributed by atoms with Crippen LogP contribution in [0.25, 0.3) is 0 Å². The number of halogens is 1. The van der Waals surface area contributed by atoms with Crippen LogP contribution >= 0.6 is 27.3 Å². The molecule has 2 rings (SSSR count). The van der Waals surface area contributed by atoms with Gasteiger partial charge in [-0.2, -0.15) is 0 Å². The Kier molecular flexibility index (Phi) is 4.92. The molecule has 96 valence electrons. The largest absolute Gasteiger partial charge is 0.309 e. The van der Waals surface area contributed by atoms with Gasteiger partial charge in [0.05, 0.1) is 3.79 Å². The lowest BCUT2D eigenvalue weighted by atomic mass is 10.1. The topological polar surface area (TPSA) is 24.9 Å². The van der Waals surface area contributed by atoms with Crippen LogP contribution in [-0.4, -0.2) is 11.5 Å². The third kappa shape index (κ3) is 3.64. The zero-order chi connectivity index (χ0) is 13.0. The smallest absolute Gasteiger partial charge is 0.0701 e. The summed E-state index contributed by atoms with van der Waals surface area (Å²) in [6, 6.07) is 8.86. The van der Waals surface area contributed by atoms with Gasteiger partial charge >= 0.3 is 0 Å². The normalized spacial score (nSPS) is 12.6. The van der Waals surface area contributed by atoms with Crippen molar-refractivity contribution in [2.75, 3.05) is 6.54 Å². The zero-order valence-electron chi connectivity index (χ0n) is 10.6. The summed E-state index contributed by atoms with van der Waals surface area (Å²) in [5, 5.41) is 3.52. The Morgan fingerprint density at radius 3 is 2.72 bits per heavy atom. The fourth-order valence-electron chi connectivity index (χ4n) is 1.86. The molecule has 0 aliphatic rings. The summed E-state index contributed by atoms with van der Waals surface area (Å²) in [6.07, 6.45) is 2.86. The summed E-state index contributed by atoms with van der Waals surface area (Å²) in [7, 11) is 0. The molecular weight excluding hydrogens is 308 g/mol. The summed E-state index contributed by atoms with van der Waals surface area (Å²) >= 11 is 5.31. The number of hydrogen-bond acceptors (Lipinski definition) is 3. The lowest BCUT2D eigenvalue weighted by Crippen LogP contribution is -2.22. The molecule has 0 saturated heterocycles. The van der Waals surface area contributed by atoms with Gasteiger partial charge in [0, 0.05) is 29.2 Å². The summed E-state index contributed by atoms with van der Waals surface area (Å²) in [5.74, 6) is 0. The van der Waals surface area contributed by atoms with E-state index < -0.39 is 0 Å². The molecule has 4 heteroatoms.